The maximum absolute atomic E-state index is 13.1. The summed E-state index contributed by atoms with van der Waals surface area (Å²) < 4.78 is 39.0. The standard InChI is InChI=1S/C12H15FN2O3S/c13-9-4-3-5-10(8-9)19(17,18)15-7-2-1-6-11(15)12(14)16/h3-5,8,11H,1-2,6-7H2,(H2,14,16)/t11-/m0/s1. The highest BCUT2D eigenvalue weighted by atomic mass is 32.2. The number of carbonyl (C=O) groups excluding carboxylic acids is 1. The van der Waals surface area contributed by atoms with Gasteiger partial charge in [0.05, 0.1) is 4.90 Å². The minimum atomic E-state index is -3.89. The first-order valence-corrected chi connectivity index (χ1v) is 7.43. The Bertz CT molecular complexity index is 588. The van der Waals surface area contributed by atoms with Crippen LogP contribution in [-0.4, -0.2) is 31.2 Å². The number of hydrogen-bond acceptors (Lipinski definition) is 3. The van der Waals surface area contributed by atoms with E-state index in [0.717, 1.165) is 16.8 Å². The highest BCUT2D eigenvalue weighted by molar-refractivity contribution is 7.89. The van der Waals surface area contributed by atoms with Crippen LogP contribution in [0.2, 0.25) is 0 Å². The van der Waals surface area contributed by atoms with Gasteiger partial charge in [-0.2, -0.15) is 4.31 Å². The van der Waals surface area contributed by atoms with E-state index >= 15 is 0 Å². The van der Waals surface area contributed by atoms with Gasteiger partial charge in [0, 0.05) is 6.54 Å². The lowest BCUT2D eigenvalue weighted by Gasteiger charge is -2.32. The molecule has 0 bridgehead atoms. The molecule has 1 amide bonds. The Balaban J connectivity index is 2.40. The first-order valence-electron chi connectivity index (χ1n) is 5.99. The summed E-state index contributed by atoms with van der Waals surface area (Å²) in [5.41, 5.74) is 5.24. The van der Waals surface area contributed by atoms with Gasteiger partial charge in [-0.05, 0) is 31.0 Å². The molecule has 1 aliphatic rings. The number of nitrogens with zero attached hydrogens (tertiary/aromatic N) is 1. The fraction of sp³-hybridized carbons (Fsp3) is 0.417. The van der Waals surface area contributed by atoms with E-state index in [2.05, 4.69) is 0 Å². The molecule has 0 unspecified atom stereocenters. The average Bonchev–Trinajstić information content (AvgIpc) is 2.38. The van der Waals surface area contributed by atoms with Gasteiger partial charge >= 0.3 is 0 Å². The summed E-state index contributed by atoms with van der Waals surface area (Å²) in [4.78, 5) is 11.2. The molecule has 0 aliphatic carbocycles. The number of sulfonamides is 1. The van der Waals surface area contributed by atoms with Gasteiger partial charge in [-0.3, -0.25) is 4.79 Å². The van der Waals surface area contributed by atoms with Crippen molar-refractivity contribution < 1.29 is 17.6 Å². The normalized spacial score (nSPS) is 21.2. The average molecular weight is 286 g/mol. The minimum absolute atomic E-state index is 0.152. The van der Waals surface area contributed by atoms with E-state index in [-0.39, 0.29) is 11.4 Å². The molecule has 7 heteroatoms. The van der Waals surface area contributed by atoms with E-state index < -0.39 is 27.8 Å². The molecule has 1 saturated heterocycles. The molecule has 0 radical (unpaired) electrons. The van der Waals surface area contributed by atoms with E-state index in [9.17, 15) is 17.6 Å². The molecule has 19 heavy (non-hydrogen) atoms. The van der Waals surface area contributed by atoms with Crippen molar-refractivity contribution in [1.29, 1.82) is 0 Å². The molecule has 1 atom stereocenters. The number of hydrogen-bond donors (Lipinski definition) is 1. The molecule has 2 rings (SSSR count). The van der Waals surface area contributed by atoms with Gasteiger partial charge in [0.15, 0.2) is 0 Å². The third kappa shape index (κ3) is 2.76. The Morgan fingerprint density at radius 3 is 2.74 bits per heavy atom. The maximum atomic E-state index is 13.1. The van der Waals surface area contributed by atoms with E-state index in [1.54, 1.807) is 0 Å². The fourth-order valence-corrected chi connectivity index (χ4v) is 3.94. The van der Waals surface area contributed by atoms with Crippen LogP contribution in [0.25, 0.3) is 0 Å². The van der Waals surface area contributed by atoms with Crippen LogP contribution < -0.4 is 5.73 Å². The zero-order chi connectivity index (χ0) is 14.0. The van der Waals surface area contributed by atoms with Crippen molar-refractivity contribution in [2.24, 2.45) is 5.73 Å². The number of piperidine rings is 1. The molecule has 0 saturated carbocycles. The summed E-state index contributed by atoms with van der Waals surface area (Å²) in [7, 11) is -3.89. The lowest BCUT2D eigenvalue weighted by Crippen LogP contribution is -2.50. The highest BCUT2D eigenvalue weighted by Gasteiger charge is 2.36. The smallest absolute Gasteiger partial charge is 0.243 e. The van der Waals surface area contributed by atoms with Crippen LogP contribution in [0.1, 0.15) is 19.3 Å². The van der Waals surface area contributed by atoms with Crippen LogP contribution in [0, 0.1) is 5.82 Å². The Morgan fingerprint density at radius 2 is 2.11 bits per heavy atom. The van der Waals surface area contributed by atoms with Gasteiger partial charge in [-0.15, -0.1) is 0 Å². The lowest BCUT2D eigenvalue weighted by molar-refractivity contribution is -0.122. The molecular formula is C12H15FN2O3S. The first-order chi connectivity index (χ1) is 8.93. The number of nitrogens with two attached hydrogens (primary N) is 1. The molecule has 104 valence electrons. The second-order valence-corrected chi connectivity index (χ2v) is 6.38. The number of carbonyl (C=O) groups is 1. The second kappa shape index (κ2) is 5.26. The van der Waals surface area contributed by atoms with Crippen molar-refractivity contribution in [3.05, 3.63) is 30.1 Å². The third-order valence-corrected chi connectivity index (χ3v) is 5.09. The van der Waals surface area contributed by atoms with Crippen molar-refractivity contribution in [3.8, 4) is 0 Å². The van der Waals surface area contributed by atoms with Gasteiger partial charge in [0.1, 0.15) is 11.9 Å². The summed E-state index contributed by atoms with van der Waals surface area (Å²) in [6.45, 7) is 0.229. The summed E-state index contributed by atoms with van der Waals surface area (Å²) >= 11 is 0. The van der Waals surface area contributed by atoms with Gasteiger partial charge < -0.3 is 5.73 Å². The predicted molar refractivity (Wildman–Crippen MR) is 67.1 cm³/mol. The highest BCUT2D eigenvalue weighted by Crippen LogP contribution is 2.25. The molecule has 1 aromatic carbocycles. The van der Waals surface area contributed by atoms with Crippen LogP contribution in [0.4, 0.5) is 4.39 Å². The van der Waals surface area contributed by atoms with Crippen LogP contribution >= 0.6 is 0 Å². The van der Waals surface area contributed by atoms with Crippen molar-refractivity contribution in [1.82, 2.24) is 4.31 Å². The molecule has 1 aromatic rings. The summed E-state index contributed by atoms with van der Waals surface area (Å²) in [5.74, 6) is -1.30. The number of rotatable bonds is 3. The van der Waals surface area contributed by atoms with E-state index in [4.69, 9.17) is 5.73 Å². The van der Waals surface area contributed by atoms with Crippen LogP contribution in [0.3, 0.4) is 0 Å². The number of amides is 1. The molecule has 1 fully saturated rings. The lowest BCUT2D eigenvalue weighted by atomic mass is 10.0. The molecule has 0 spiro atoms. The fourth-order valence-electron chi connectivity index (χ4n) is 2.24. The molecule has 2 N–H and O–H groups in total. The van der Waals surface area contributed by atoms with Gasteiger partial charge in [-0.25, -0.2) is 12.8 Å². The maximum Gasteiger partial charge on any atom is 0.243 e. The number of benzene rings is 1. The number of halogens is 1. The Labute approximate surface area is 111 Å². The predicted octanol–water partition coefficient (Wildman–Crippen LogP) is 0.854. The van der Waals surface area contributed by atoms with Crippen molar-refractivity contribution >= 4 is 15.9 Å². The van der Waals surface area contributed by atoms with Crippen LogP contribution in [0.15, 0.2) is 29.2 Å². The third-order valence-electron chi connectivity index (χ3n) is 3.18. The van der Waals surface area contributed by atoms with Gasteiger partial charge in [0.2, 0.25) is 15.9 Å². The number of primary amides is 1. The SMILES string of the molecule is NC(=O)[C@@H]1CCCCN1S(=O)(=O)c1cccc(F)c1. The van der Waals surface area contributed by atoms with Crippen molar-refractivity contribution in [3.63, 3.8) is 0 Å². The first kappa shape index (κ1) is 14.0. The van der Waals surface area contributed by atoms with Crippen LogP contribution in [0.5, 0.6) is 0 Å². The summed E-state index contributed by atoms with van der Waals surface area (Å²) in [6, 6.07) is 3.90. The Morgan fingerprint density at radius 1 is 1.37 bits per heavy atom. The Hall–Kier alpha value is -1.47. The summed E-state index contributed by atoms with van der Waals surface area (Å²) in [6.07, 6.45) is 1.82. The monoisotopic (exact) mass is 286 g/mol. The largest absolute Gasteiger partial charge is 0.368 e. The van der Waals surface area contributed by atoms with E-state index in [0.29, 0.717) is 12.8 Å². The molecule has 1 aliphatic heterocycles. The van der Waals surface area contributed by atoms with E-state index in [1.165, 1.54) is 18.2 Å². The van der Waals surface area contributed by atoms with Gasteiger partial charge in [0.25, 0.3) is 0 Å². The zero-order valence-electron chi connectivity index (χ0n) is 10.3. The zero-order valence-corrected chi connectivity index (χ0v) is 11.1. The van der Waals surface area contributed by atoms with Gasteiger partial charge in [-0.1, -0.05) is 12.5 Å². The summed E-state index contributed by atoms with van der Waals surface area (Å²) in [5, 5.41) is 0. The van der Waals surface area contributed by atoms with Crippen molar-refractivity contribution in [2.45, 2.75) is 30.2 Å². The molecule has 0 aromatic heterocycles. The Kier molecular flexibility index (Phi) is 3.86. The van der Waals surface area contributed by atoms with Crippen molar-refractivity contribution in [2.75, 3.05) is 6.54 Å². The molecular weight excluding hydrogens is 271 g/mol. The molecule has 1 heterocycles. The second-order valence-electron chi connectivity index (χ2n) is 4.49. The molecule has 5 nitrogen and oxygen atoms in total. The minimum Gasteiger partial charge on any atom is -0.368 e. The van der Waals surface area contributed by atoms with E-state index in [1.807, 2.05) is 0 Å². The van der Waals surface area contributed by atoms with Crippen LogP contribution in [-0.2, 0) is 14.8 Å². The topological polar surface area (TPSA) is 80.5 Å². The quantitative estimate of drug-likeness (QED) is 0.894.